The Bertz CT molecular complexity index is 636. The Morgan fingerprint density at radius 3 is 2.80 bits per heavy atom. The number of halogens is 1. The minimum absolute atomic E-state index is 0.0964. The zero-order valence-corrected chi connectivity index (χ0v) is 11.5. The maximum Gasteiger partial charge on any atom is 0.242 e. The molecule has 1 aromatic carbocycles. The van der Waals surface area contributed by atoms with E-state index in [-0.39, 0.29) is 24.8 Å². The fourth-order valence-electron chi connectivity index (χ4n) is 1.90. The Labute approximate surface area is 116 Å². The fraction of sp³-hybridized carbons (Fsp3) is 0.286. The Kier molecular flexibility index (Phi) is 4.02. The number of carbonyl (C=O) groups is 1. The summed E-state index contributed by atoms with van der Waals surface area (Å²) >= 11 is 0. The molecule has 0 saturated heterocycles. The highest BCUT2D eigenvalue weighted by molar-refractivity contribution is 5.75. The van der Waals surface area contributed by atoms with Crippen molar-refractivity contribution in [3.05, 3.63) is 47.0 Å². The van der Waals surface area contributed by atoms with Gasteiger partial charge in [0.15, 0.2) is 0 Å². The summed E-state index contributed by atoms with van der Waals surface area (Å²) in [5.74, 6) is -0.511. The Morgan fingerprint density at radius 2 is 2.20 bits per heavy atom. The van der Waals surface area contributed by atoms with Crippen molar-refractivity contribution >= 4 is 11.6 Å². The van der Waals surface area contributed by atoms with Crippen molar-refractivity contribution in [2.45, 2.75) is 26.9 Å². The third-order valence-electron chi connectivity index (χ3n) is 3.11. The van der Waals surface area contributed by atoms with Crippen molar-refractivity contribution in [1.82, 2.24) is 15.1 Å². The topological polar surface area (TPSA) is 72.9 Å². The van der Waals surface area contributed by atoms with E-state index in [4.69, 9.17) is 5.73 Å². The molecular weight excluding hydrogens is 259 g/mol. The molecule has 2 rings (SSSR count). The Morgan fingerprint density at radius 1 is 1.45 bits per heavy atom. The van der Waals surface area contributed by atoms with Crippen LogP contribution in [0.15, 0.2) is 24.3 Å². The summed E-state index contributed by atoms with van der Waals surface area (Å²) in [5.41, 5.74) is 8.59. The summed E-state index contributed by atoms with van der Waals surface area (Å²) in [5, 5.41) is 6.91. The molecule has 0 unspecified atom stereocenters. The molecule has 5 nitrogen and oxygen atoms in total. The van der Waals surface area contributed by atoms with E-state index in [0.29, 0.717) is 16.9 Å². The van der Waals surface area contributed by atoms with Gasteiger partial charge in [0.05, 0.1) is 17.1 Å². The van der Waals surface area contributed by atoms with Crippen molar-refractivity contribution < 1.29 is 9.18 Å². The minimum Gasteiger partial charge on any atom is -0.396 e. The van der Waals surface area contributed by atoms with Crippen molar-refractivity contribution in [3.8, 4) is 0 Å². The molecule has 0 aliphatic carbocycles. The lowest BCUT2D eigenvalue weighted by Gasteiger charge is -2.07. The van der Waals surface area contributed by atoms with Gasteiger partial charge in [-0.2, -0.15) is 5.10 Å². The summed E-state index contributed by atoms with van der Waals surface area (Å²) in [6, 6.07) is 6.12. The number of benzene rings is 1. The first kappa shape index (κ1) is 14.0. The van der Waals surface area contributed by atoms with Gasteiger partial charge in [-0.15, -0.1) is 0 Å². The van der Waals surface area contributed by atoms with Crippen LogP contribution in [0.1, 0.15) is 17.0 Å². The minimum atomic E-state index is -0.317. The highest BCUT2D eigenvalue weighted by Crippen LogP contribution is 2.14. The second-order valence-electron chi connectivity index (χ2n) is 4.65. The number of aryl methyl sites for hydroxylation is 1. The van der Waals surface area contributed by atoms with E-state index in [1.54, 1.807) is 23.7 Å². The van der Waals surface area contributed by atoms with E-state index in [9.17, 15) is 9.18 Å². The second kappa shape index (κ2) is 5.73. The Balaban J connectivity index is 1.94. The molecule has 0 spiro atoms. The average Bonchev–Trinajstić information content (AvgIpc) is 2.64. The summed E-state index contributed by atoms with van der Waals surface area (Å²) in [6.07, 6.45) is 0. The number of aromatic nitrogens is 2. The lowest BCUT2D eigenvalue weighted by Crippen LogP contribution is -2.28. The zero-order valence-electron chi connectivity index (χ0n) is 11.5. The van der Waals surface area contributed by atoms with Gasteiger partial charge in [0.2, 0.25) is 5.91 Å². The lowest BCUT2D eigenvalue weighted by molar-refractivity contribution is -0.122. The van der Waals surface area contributed by atoms with Crippen LogP contribution in [0.5, 0.6) is 0 Å². The van der Waals surface area contributed by atoms with Crippen LogP contribution in [0.25, 0.3) is 0 Å². The van der Waals surface area contributed by atoms with Crippen LogP contribution in [-0.4, -0.2) is 15.7 Å². The first-order valence-electron chi connectivity index (χ1n) is 6.28. The van der Waals surface area contributed by atoms with E-state index in [1.165, 1.54) is 12.1 Å². The van der Waals surface area contributed by atoms with Crippen molar-refractivity contribution in [3.63, 3.8) is 0 Å². The number of anilines is 1. The predicted molar refractivity (Wildman–Crippen MR) is 74.4 cm³/mol. The van der Waals surface area contributed by atoms with Crippen LogP contribution in [-0.2, 0) is 17.9 Å². The number of nitrogens with zero attached hydrogens (tertiary/aromatic N) is 2. The van der Waals surface area contributed by atoms with Gasteiger partial charge in [0.25, 0.3) is 0 Å². The van der Waals surface area contributed by atoms with Gasteiger partial charge >= 0.3 is 0 Å². The van der Waals surface area contributed by atoms with Crippen LogP contribution >= 0.6 is 0 Å². The molecule has 1 amide bonds. The van der Waals surface area contributed by atoms with Crippen LogP contribution < -0.4 is 11.1 Å². The van der Waals surface area contributed by atoms with Crippen molar-refractivity contribution in [1.29, 1.82) is 0 Å². The number of nitrogen functional groups attached to an aromatic ring is 1. The smallest absolute Gasteiger partial charge is 0.242 e. The normalized spacial score (nSPS) is 10.6. The number of nitrogens with one attached hydrogen (secondary N) is 1. The van der Waals surface area contributed by atoms with E-state index < -0.39 is 0 Å². The van der Waals surface area contributed by atoms with Crippen LogP contribution in [0, 0.1) is 19.7 Å². The van der Waals surface area contributed by atoms with Crippen LogP contribution in [0.4, 0.5) is 10.1 Å². The highest BCUT2D eigenvalue weighted by Gasteiger charge is 2.11. The highest BCUT2D eigenvalue weighted by atomic mass is 19.1. The molecule has 0 atom stereocenters. The fourth-order valence-corrected chi connectivity index (χ4v) is 1.90. The predicted octanol–water partition coefficient (Wildman–Crippen LogP) is 1.54. The molecule has 0 radical (unpaired) electrons. The van der Waals surface area contributed by atoms with E-state index >= 15 is 0 Å². The summed E-state index contributed by atoms with van der Waals surface area (Å²) in [6.45, 7) is 3.99. The molecule has 106 valence electrons. The van der Waals surface area contributed by atoms with Gasteiger partial charge in [0.1, 0.15) is 12.4 Å². The molecule has 2 aromatic rings. The van der Waals surface area contributed by atoms with E-state index in [1.807, 2.05) is 6.92 Å². The Hall–Kier alpha value is -2.37. The molecule has 20 heavy (non-hydrogen) atoms. The lowest BCUT2D eigenvalue weighted by atomic mass is 10.2. The third kappa shape index (κ3) is 3.14. The summed E-state index contributed by atoms with van der Waals surface area (Å²) < 4.78 is 14.6. The molecule has 6 heteroatoms. The van der Waals surface area contributed by atoms with E-state index in [2.05, 4.69) is 10.4 Å². The van der Waals surface area contributed by atoms with Crippen molar-refractivity contribution in [2.75, 3.05) is 5.73 Å². The van der Waals surface area contributed by atoms with Gasteiger partial charge in [-0.05, 0) is 31.5 Å². The molecule has 0 bridgehead atoms. The number of carbonyl (C=O) groups excluding carboxylic acids is 1. The van der Waals surface area contributed by atoms with E-state index in [0.717, 1.165) is 5.69 Å². The SMILES string of the molecule is Cc1nn(CC(=O)NCc2cccc(F)c2)c(C)c1N. The molecule has 0 saturated carbocycles. The molecular formula is C14H17FN4O. The standard InChI is InChI=1S/C14H17FN4O/c1-9-14(16)10(2)19(18-9)8-13(20)17-7-11-4-3-5-12(15)6-11/h3-6H,7-8,16H2,1-2H3,(H,17,20). The first-order valence-corrected chi connectivity index (χ1v) is 6.28. The van der Waals surface area contributed by atoms with Gasteiger partial charge in [0, 0.05) is 6.54 Å². The molecule has 3 N–H and O–H groups in total. The van der Waals surface area contributed by atoms with Crippen LogP contribution in [0.3, 0.4) is 0 Å². The van der Waals surface area contributed by atoms with Gasteiger partial charge in [-0.3, -0.25) is 9.48 Å². The quantitative estimate of drug-likeness (QED) is 0.889. The average molecular weight is 276 g/mol. The van der Waals surface area contributed by atoms with Gasteiger partial charge in [-0.1, -0.05) is 12.1 Å². The number of hydrogen-bond acceptors (Lipinski definition) is 3. The maximum atomic E-state index is 13.0. The van der Waals surface area contributed by atoms with Gasteiger partial charge in [-0.25, -0.2) is 4.39 Å². The van der Waals surface area contributed by atoms with Crippen molar-refractivity contribution in [2.24, 2.45) is 0 Å². The number of hydrogen-bond donors (Lipinski definition) is 2. The molecule has 0 fully saturated rings. The second-order valence-corrected chi connectivity index (χ2v) is 4.65. The number of nitrogens with two attached hydrogens (primary N) is 1. The number of rotatable bonds is 4. The molecule has 1 aromatic heterocycles. The largest absolute Gasteiger partial charge is 0.396 e. The maximum absolute atomic E-state index is 13.0. The number of amides is 1. The summed E-state index contributed by atoms with van der Waals surface area (Å²) in [4.78, 5) is 11.8. The molecule has 1 heterocycles. The zero-order chi connectivity index (χ0) is 14.7. The third-order valence-corrected chi connectivity index (χ3v) is 3.11. The van der Waals surface area contributed by atoms with Gasteiger partial charge < -0.3 is 11.1 Å². The van der Waals surface area contributed by atoms with Crippen LogP contribution in [0.2, 0.25) is 0 Å². The monoisotopic (exact) mass is 276 g/mol. The first-order chi connectivity index (χ1) is 9.47. The molecule has 0 aliphatic rings. The molecule has 0 aliphatic heterocycles. The summed E-state index contributed by atoms with van der Waals surface area (Å²) in [7, 11) is 0.